The number of hydrogen-bond acceptors (Lipinski definition) is 5. The van der Waals surface area contributed by atoms with E-state index in [0.29, 0.717) is 31.3 Å². The van der Waals surface area contributed by atoms with E-state index in [1.54, 1.807) is 0 Å². The van der Waals surface area contributed by atoms with Gasteiger partial charge in [0.05, 0.1) is 19.6 Å². The van der Waals surface area contributed by atoms with Crippen molar-refractivity contribution in [1.82, 2.24) is 14.9 Å². The molecule has 1 aromatic carbocycles. The van der Waals surface area contributed by atoms with Gasteiger partial charge in [-0.2, -0.15) is 4.98 Å². The molecule has 0 aliphatic carbocycles. The third-order valence-corrected chi connectivity index (χ3v) is 4.55. The van der Waals surface area contributed by atoms with Gasteiger partial charge in [-0.15, -0.1) is 0 Å². The zero-order valence-corrected chi connectivity index (χ0v) is 16.3. The van der Waals surface area contributed by atoms with Crippen LogP contribution in [0.1, 0.15) is 36.8 Å². The number of piperidine rings is 1. The third-order valence-electron chi connectivity index (χ3n) is 4.55. The number of rotatable bonds is 6. The van der Waals surface area contributed by atoms with Gasteiger partial charge in [-0.3, -0.25) is 4.79 Å². The molecule has 1 aromatic heterocycles. The van der Waals surface area contributed by atoms with Crippen molar-refractivity contribution in [1.29, 1.82) is 0 Å². The van der Waals surface area contributed by atoms with Crippen molar-refractivity contribution in [2.45, 2.75) is 46.1 Å². The summed E-state index contributed by atoms with van der Waals surface area (Å²) in [5, 5.41) is 0. The summed E-state index contributed by atoms with van der Waals surface area (Å²) < 4.78 is 11.5. The van der Waals surface area contributed by atoms with Gasteiger partial charge in [-0.1, -0.05) is 12.1 Å². The molecule has 0 N–H and O–H groups in total. The maximum atomic E-state index is 12.7. The Hall–Kier alpha value is -2.63. The first-order valence-electron chi connectivity index (χ1n) is 9.52. The first-order chi connectivity index (χ1) is 13.0. The smallest absolute Gasteiger partial charge is 0.227 e. The first kappa shape index (κ1) is 19.1. The molecule has 27 heavy (non-hydrogen) atoms. The van der Waals surface area contributed by atoms with Gasteiger partial charge in [0.1, 0.15) is 17.7 Å². The van der Waals surface area contributed by atoms with Crippen molar-refractivity contribution in [3.63, 3.8) is 0 Å². The van der Waals surface area contributed by atoms with E-state index in [0.717, 1.165) is 36.4 Å². The van der Waals surface area contributed by atoms with Gasteiger partial charge in [0.25, 0.3) is 0 Å². The van der Waals surface area contributed by atoms with Gasteiger partial charge < -0.3 is 14.4 Å². The second-order valence-electron chi connectivity index (χ2n) is 6.87. The van der Waals surface area contributed by atoms with Gasteiger partial charge >= 0.3 is 0 Å². The molecule has 144 valence electrons. The summed E-state index contributed by atoms with van der Waals surface area (Å²) in [4.78, 5) is 23.2. The summed E-state index contributed by atoms with van der Waals surface area (Å²) in [6, 6.07) is 9.57. The lowest BCUT2D eigenvalue weighted by Crippen LogP contribution is -2.45. The van der Waals surface area contributed by atoms with Crippen LogP contribution in [0.2, 0.25) is 0 Å². The van der Waals surface area contributed by atoms with E-state index in [2.05, 4.69) is 9.97 Å². The Morgan fingerprint density at radius 3 is 2.70 bits per heavy atom. The summed E-state index contributed by atoms with van der Waals surface area (Å²) in [6.45, 7) is 7.74. The first-order valence-corrected chi connectivity index (χ1v) is 9.52. The minimum atomic E-state index is -0.0308. The van der Waals surface area contributed by atoms with Crippen LogP contribution in [0.25, 0.3) is 0 Å². The second-order valence-corrected chi connectivity index (χ2v) is 6.87. The molecule has 0 radical (unpaired) electrons. The standard InChI is InChI=1S/C21H27N3O3/c1-4-26-18-9-7-17(8-10-18)13-21(25)24-11-5-6-19(14-24)27-20-12-15(2)22-16(3)23-20/h7-10,12,19H,4-6,11,13-14H2,1-3H3. The summed E-state index contributed by atoms with van der Waals surface area (Å²) in [7, 11) is 0. The van der Waals surface area contributed by atoms with E-state index in [-0.39, 0.29) is 12.0 Å². The number of aryl methyl sites for hydroxylation is 2. The van der Waals surface area contributed by atoms with Gasteiger partial charge in [-0.05, 0) is 51.3 Å². The molecule has 1 unspecified atom stereocenters. The van der Waals surface area contributed by atoms with E-state index in [1.165, 1.54) is 0 Å². The third kappa shape index (κ3) is 5.42. The van der Waals surface area contributed by atoms with Crippen LogP contribution in [0.15, 0.2) is 30.3 Å². The molecule has 2 heterocycles. The summed E-state index contributed by atoms with van der Waals surface area (Å²) in [6.07, 6.45) is 2.22. The Balaban J connectivity index is 1.57. The number of hydrogen-bond donors (Lipinski definition) is 0. The van der Waals surface area contributed by atoms with Crippen molar-refractivity contribution >= 4 is 5.91 Å². The lowest BCUT2D eigenvalue weighted by Gasteiger charge is -2.32. The van der Waals surface area contributed by atoms with Crippen LogP contribution < -0.4 is 9.47 Å². The van der Waals surface area contributed by atoms with Gasteiger partial charge in [0.15, 0.2) is 0 Å². The molecule has 1 aliphatic rings. The molecule has 1 saturated heterocycles. The summed E-state index contributed by atoms with van der Waals surface area (Å²) in [5.74, 6) is 2.24. The molecule has 0 bridgehead atoms. The second kappa shape index (κ2) is 8.84. The maximum Gasteiger partial charge on any atom is 0.227 e. The van der Waals surface area contributed by atoms with E-state index in [9.17, 15) is 4.79 Å². The number of nitrogens with zero attached hydrogens (tertiary/aromatic N) is 3. The van der Waals surface area contributed by atoms with E-state index in [4.69, 9.17) is 9.47 Å². The molecule has 0 saturated carbocycles. The van der Waals surface area contributed by atoms with Gasteiger partial charge in [0, 0.05) is 18.3 Å². The van der Waals surface area contributed by atoms with Crippen molar-refractivity contribution in [2.75, 3.05) is 19.7 Å². The Kier molecular flexibility index (Phi) is 6.27. The predicted octanol–water partition coefficient (Wildman–Crippen LogP) is 3.10. The number of ether oxygens (including phenoxy) is 2. The lowest BCUT2D eigenvalue weighted by molar-refractivity contribution is -0.133. The Morgan fingerprint density at radius 2 is 2.00 bits per heavy atom. The Morgan fingerprint density at radius 1 is 1.22 bits per heavy atom. The highest BCUT2D eigenvalue weighted by atomic mass is 16.5. The molecule has 1 atom stereocenters. The number of carbonyl (C=O) groups excluding carboxylic acids is 1. The normalized spacial score (nSPS) is 16.9. The molecular formula is C21H27N3O3. The fraction of sp³-hybridized carbons (Fsp3) is 0.476. The van der Waals surface area contributed by atoms with E-state index >= 15 is 0 Å². The van der Waals surface area contributed by atoms with Crippen molar-refractivity contribution < 1.29 is 14.3 Å². The van der Waals surface area contributed by atoms with Crippen LogP contribution in [-0.4, -0.2) is 46.6 Å². The molecule has 1 fully saturated rings. The summed E-state index contributed by atoms with van der Waals surface area (Å²) >= 11 is 0. The van der Waals surface area contributed by atoms with Crippen LogP contribution >= 0.6 is 0 Å². The maximum absolute atomic E-state index is 12.7. The fourth-order valence-corrected chi connectivity index (χ4v) is 3.33. The van der Waals surface area contributed by atoms with Crippen LogP contribution in [0.3, 0.4) is 0 Å². The van der Waals surface area contributed by atoms with Crippen LogP contribution in [-0.2, 0) is 11.2 Å². The molecule has 2 aromatic rings. The van der Waals surface area contributed by atoms with Gasteiger partial charge in [-0.25, -0.2) is 4.98 Å². The molecule has 1 aliphatic heterocycles. The molecule has 3 rings (SSSR count). The monoisotopic (exact) mass is 369 g/mol. The van der Waals surface area contributed by atoms with Crippen LogP contribution in [0.5, 0.6) is 11.6 Å². The Bertz CT molecular complexity index is 756. The minimum absolute atomic E-state index is 0.0308. The highest BCUT2D eigenvalue weighted by molar-refractivity contribution is 5.79. The minimum Gasteiger partial charge on any atom is -0.494 e. The molecule has 6 heteroatoms. The lowest BCUT2D eigenvalue weighted by atomic mass is 10.1. The zero-order chi connectivity index (χ0) is 19.2. The average molecular weight is 369 g/mol. The van der Waals surface area contributed by atoms with Crippen molar-refractivity contribution in [3.05, 3.63) is 47.4 Å². The number of aromatic nitrogens is 2. The highest BCUT2D eigenvalue weighted by Gasteiger charge is 2.25. The number of benzene rings is 1. The van der Waals surface area contributed by atoms with E-state index in [1.807, 2.05) is 56.0 Å². The fourth-order valence-electron chi connectivity index (χ4n) is 3.33. The van der Waals surface area contributed by atoms with Crippen molar-refractivity contribution in [3.8, 4) is 11.6 Å². The van der Waals surface area contributed by atoms with Crippen LogP contribution in [0, 0.1) is 13.8 Å². The number of amides is 1. The molecule has 0 spiro atoms. The number of likely N-dealkylation sites (tertiary alicyclic amines) is 1. The van der Waals surface area contributed by atoms with E-state index < -0.39 is 0 Å². The quantitative estimate of drug-likeness (QED) is 0.783. The highest BCUT2D eigenvalue weighted by Crippen LogP contribution is 2.19. The average Bonchev–Trinajstić information content (AvgIpc) is 2.63. The SMILES string of the molecule is CCOc1ccc(CC(=O)N2CCCC(Oc3cc(C)nc(C)n3)C2)cc1. The molecule has 1 amide bonds. The molecule has 6 nitrogen and oxygen atoms in total. The summed E-state index contributed by atoms with van der Waals surface area (Å²) in [5.41, 5.74) is 1.88. The predicted molar refractivity (Wildman–Crippen MR) is 103 cm³/mol. The van der Waals surface area contributed by atoms with Gasteiger partial charge in [0.2, 0.25) is 11.8 Å². The van der Waals surface area contributed by atoms with Crippen LogP contribution in [0.4, 0.5) is 0 Å². The number of carbonyl (C=O) groups is 1. The molecular weight excluding hydrogens is 342 g/mol. The Labute approximate surface area is 160 Å². The van der Waals surface area contributed by atoms with Crippen molar-refractivity contribution in [2.24, 2.45) is 0 Å². The zero-order valence-electron chi connectivity index (χ0n) is 16.3. The topological polar surface area (TPSA) is 64.5 Å². The largest absolute Gasteiger partial charge is 0.494 e.